The van der Waals surface area contributed by atoms with E-state index in [-0.39, 0.29) is 0 Å². The number of hydrogen-bond donors (Lipinski definition) is 0. The van der Waals surface area contributed by atoms with E-state index in [2.05, 4.69) is 54.4 Å². The fourth-order valence-corrected chi connectivity index (χ4v) is 3.22. The molecule has 1 heterocycles. The van der Waals surface area contributed by atoms with Gasteiger partial charge in [-0.25, -0.2) is 0 Å². The normalized spacial score (nSPS) is 11.1. The molecule has 4 aromatic rings. The molecule has 0 aliphatic heterocycles. The molecule has 1 aromatic heterocycles. The van der Waals surface area contributed by atoms with Crippen LogP contribution in [0.5, 0.6) is 0 Å². The maximum atomic E-state index is 9.66. The summed E-state index contributed by atoms with van der Waals surface area (Å²) in [7, 11) is 0. The van der Waals surface area contributed by atoms with Crippen LogP contribution < -0.4 is 0 Å². The average Bonchev–Trinajstić information content (AvgIpc) is 2.79. The molecule has 0 fully saturated rings. The van der Waals surface area contributed by atoms with Crippen molar-refractivity contribution in [2.24, 2.45) is 0 Å². The highest BCUT2D eigenvalue weighted by Crippen LogP contribution is 2.25. The van der Waals surface area contributed by atoms with Gasteiger partial charge >= 0.3 is 0 Å². The van der Waals surface area contributed by atoms with Crippen molar-refractivity contribution in [2.75, 3.05) is 0 Å². The fourth-order valence-electron chi connectivity index (χ4n) is 3.22. The maximum Gasteiger partial charge on any atom is 0.0998 e. The molecular weight excluding hydrogens is 352 g/mol. The Balaban J connectivity index is 1.57. The zero-order chi connectivity index (χ0) is 20.1. The van der Waals surface area contributed by atoms with Crippen molar-refractivity contribution < 1.29 is 0 Å². The Morgan fingerprint density at radius 2 is 1.38 bits per heavy atom. The molecule has 0 atom stereocenters. The minimum Gasteiger partial charge on any atom is -0.256 e. The van der Waals surface area contributed by atoms with E-state index in [1.807, 2.05) is 60.7 Å². The quantitative estimate of drug-likeness (QED) is 0.292. The number of nitrogens with zero attached hydrogens (tertiary/aromatic N) is 2. The van der Waals surface area contributed by atoms with Gasteiger partial charge in [0.25, 0.3) is 0 Å². The third-order valence-corrected chi connectivity index (χ3v) is 4.88. The molecule has 0 saturated heterocycles. The number of nitriles is 1. The van der Waals surface area contributed by atoms with Gasteiger partial charge in [0.1, 0.15) is 0 Å². The Morgan fingerprint density at radius 3 is 1.97 bits per heavy atom. The van der Waals surface area contributed by atoms with E-state index in [1.165, 1.54) is 11.1 Å². The second-order valence-corrected chi connectivity index (χ2v) is 6.95. The third-order valence-electron chi connectivity index (χ3n) is 4.88. The van der Waals surface area contributed by atoms with E-state index in [4.69, 9.17) is 0 Å². The number of hydrogen-bond acceptors (Lipinski definition) is 2. The Hall–Kier alpha value is -3.96. The summed E-state index contributed by atoms with van der Waals surface area (Å²) in [6, 6.07) is 32.9. The first-order valence-corrected chi connectivity index (χ1v) is 9.54. The minimum atomic E-state index is 0.644. The monoisotopic (exact) mass is 372 g/mol. The van der Waals surface area contributed by atoms with Crippen LogP contribution in [-0.2, 0) is 0 Å². The molecule has 0 unspecified atom stereocenters. The second kappa shape index (κ2) is 8.37. The van der Waals surface area contributed by atoms with E-state index >= 15 is 0 Å². The summed E-state index contributed by atoms with van der Waals surface area (Å²) in [5.74, 6) is 0. The average molecular weight is 372 g/mol. The highest BCUT2D eigenvalue weighted by Gasteiger charge is 2.04. The zero-order valence-corrected chi connectivity index (χ0v) is 16.2. The zero-order valence-electron chi connectivity index (χ0n) is 16.2. The molecule has 2 heteroatoms. The number of allylic oxidation sites excluding steroid dienone is 1. The van der Waals surface area contributed by atoms with Crippen LogP contribution in [0.2, 0.25) is 0 Å². The van der Waals surface area contributed by atoms with E-state index in [0.717, 1.165) is 27.9 Å². The van der Waals surface area contributed by atoms with Crippen molar-refractivity contribution in [2.45, 2.75) is 6.92 Å². The number of pyridine rings is 1. The van der Waals surface area contributed by atoms with E-state index < -0.39 is 0 Å². The molecule has 2 nitrogen and oxygen atoms in total. The molecule has 0 amide bonds. The van der Waals surface area contributed by atoms with Crippen molar-refractivity contribution in [3.8, 4) is 28.5 Å². The molecule has 0 spiro atoms. The summed E-state index contributed by atoms with van der Waals surface area (Å²) in [6.07, 6.45) is 3.71. The second-order valence-electron chi connectivity index (χ2n) is 6.95. The predicted molar refractivity (Wildman–Crippen MR) is 120 cm³/mol. The number of benzene rings is 3. The minimum absolute atomic E-state index is 0.644. The van der Waals surface area contributed by atoms with Crippen LogP contribution in [0, 0.1) is 18.3 Å². The molecule has 3 aromatic carbocycles. The van der Waals surface area contributed by atoms with Crippen molar-refractivity contribution in [1.82, 2.24) is 4.98 Å². The lowest BCUT2D eigenvalue weighted by atomic mass is 9.98. The number of aromatic nitrogens is 1. The van der Waals surface area contributed by atoms with Gasteiger partial charge in [-0.1, -0.05) is 84.4 Å². The summed E-state index contributed by atoms with van der Waals surface area (Å²) < 4.78 is 0. The molecular formula is C27H20N2. The lowest BCUT2D eigenvalue weighted by Crippen LogP contribution is -1.85. The summed E-state index contributed by atoms with van der Waals surface area (Å²) in [4.78, 5) is 4.37. The number of aryl methyl sites for hydroxylation is 1. The summed E-state index contributed by atoms with van der Waals surface area (Å²) in [6.45, 7) is 2.08. The highest BCUT2D eigenvalue weighted by atomic mass is 14.7. The summed E-state index contributed by atoms with van der Waals surface area (Å²) in [5, 5.41) is 9.66. The maximum absolute atomic E-state index is 9.66. The molecule has 0 aliphatic rings. The summed E-state index contributed by atoms with van der Waals surface area (Å²) >= 11 is 0. The fraction of sp³-hybridized carbons (Fsp3) is 0.0370. The van der Waals surface area contributed by atoms with Crippen LogP contribution in [0.3, 0.4) is 0 Å². The topological polar surface area (TPSA) is 36.7 Å². The van der Waals surface area contributed by atoms with Gasteiger partial charge in [-0.2, -0.15) is 5.26 Å². The van der Waals surface area contributed by atoms with Crippen molar-refractivity contribution in [1.29, 1.82) is 5.26 Å². The van der Waals surface area contributed by atoms with E-state index in [0.29, 0.717) is 5.57 Å². The molecule has 0 aliphatic carbocycles. The van der Waals surface area contributed by atoms with Gasteiger partial charge in [-0.05, 0) is 47.4 Å². The van der Waals surface area contributed by atoms with Gasteiger partial charge in [-0.15, -0.1) is 0 Å². The molecule has 138 valence electrons. The SMILES string of the molecule is Cc1ccc(-c2ccc(/C(C#N)=C/c3ccc(-c4ccccn4)cc3)cc2)cc1. The molecule has 0 radical (unpaired) electrons. The van der Waals surface area contributed by atoms with Gasteiger partial charge in [0, 0.05) is 11.8 Å². The Bertz CT molecular complexity index is 1160. The Morgan fingerprint density at radius 1 is 0.759 bits per heavy atom. The first-order valence-electron chi connectivity index (χ1n) is 9.54. The lowest BCUT2D eigenvalue weighted by Gasteiger charge is -2.05. The van der Waals surface area contributed by atoms with Crippen LogP contribution in [-0.4, -0.2) is 4.98 Å². The van der Waals surface area contributed by atoms with Crippen molar-refractivity contribution >= 4 is 11.6 Å². The van der Waals surface area contributed by atoms with Crippen LogP contribution in [0.15, 0.2) is 97.2 Å². The molecule has 0 bridgehead atoms. The van der Waals surface area contributed by atoms with Crippen molar-refractivity contribution in [3.05, 3.63) is 114 Å². The predicted octanol–water partition coefficient (Wildman–Crippen LogP) is 6.79. The first-order chi connectivity index (χ1) is 14.2. The Labute approximate surface area is 171 Å². The molecule has 0 N–H and O–H groups in total. The Kier molecular flexibility index (Phi) is 5.31. The van der Waals surface area contributed by atoms with Gasteiger partial charge in [0.15, 0.2) is 0 Å². The third kappa shape index (κ3) is 4.31. The molecule has 0 saturated carbocycles. The van der Waals surface area contributed by atoms with Crippen LogP contribution in [0.4, 0.5) is 0 Å². The summed E-state index contributed by atoms with van der Waals surface area (Å²) in [5.41, 5.74) is 8.11. The first kappa shape index (κ1) is 18.4. The van der Waals surface area contributed by atoms with Gasteiger partial charge < -0.3 is 0 Å². The molecule has 4 rings (SSSR count). The van der Waals surface area contributed by atoms with Gasteiger partial charge in [0.2, 0.25) is 0 Å². The van der Waals surface area contributed by atoms with Crippen LogP contribution in [0.1, 0.15) is 16.7 Å². The van der Waals surface area contributed by atoms with E-state index in [1.54, 1.807) is 6.20 Å². The lowest BCUT2D eigenvalue weighted by molar-refractivity contribution is 1.33. The largest absolute Gasteiger partial charge is 0.256 e. The van der Waals surface area contributed by atoms with Crippen LogP contribution in [0.25, 0.3) is 34.0 Å². The standard InChI is InChI=1S/C27H20N2/c1-20-5-9-22(10-6-20)23-13-15-24(16-14-23)26(19-28)18-21-7-11-25(12-8-21)27-4-2-3-17-29-27/h2-18H,1H3/b26-18+. The highest BCUT2D eigenvalue weighted by molar-refractivity contribution is 5.90. The van der Waals surface area contributed by atoms with Crippen LogP contribution >= 0.6 is 0 Å². The smallest absolute Gasteiger partial charge is 0.0998 e. The molecule has 29 heavy (non-hydrogen) atoms. The van der Waals surface area contributed by atoms with E-state index in [9.17, 15) is 5.26 Å². The van der Waals surface area contributed by atoms with Crippen molar-refractivity contribution in [3.63, 3.8) is 0 Å². The van der Waals surface area contributed by atoms with Gasteiger partial charge in [0.05, 0.1) is 17.3 Å². The number of rotatable bonds is 4. The van der Waals surface area contributed by atoms with Gasteiger partial charge in [-0.3, -0.25) is 4.98 Å².